The van der Waals surface area contributed by atoms with Crippen molar-refractivity contribution in [3.63, 3.8) is 0 Å². The molecule has 0 saturated carbocycles. The van der Waals surface area contributed by atoms with Crippen molar-refractivity contribution in [3.8, 4) is 16.9 Å². The van der Waals surface area contributed by atoms with Crippen LogP contribution in [0.15, 0.2) is 59.5 Å². The van der Waals surface area contributed by atoms with Gasteiger partial charge in [0, 0.05) is 55.0 Å². The number of aromatic amines is 1. The highest BCUT2D eigenvalue weighted by atomic mass is 16.5. The number of aromatic nitrogens is 1. The molecular weight excluding hydrogens is 390 g/mol. The average Bonchev–Trinajstić information content (AvgIpc) is 3.24. The molecule has 3 heterocycles. The molecule has 0 radical (unpaired) electrons. The van der Waals surface area contributed by atoms with Crippen molar-refractivity contribution < 1.29 is 14.6 Å². The molecule has 0 spiro atoms. The largest absolute Gasteiger partial charge is 0.512 e. The lowest BCUT2D eigenvalue weighted by atomic mass is 9.86. The Morgan fingerprint density at radius 3 is 2.81 bits per heavy atom. The van der Waals surface area contributed by atoms with Gasteiger partial charge in [-0.2, -0.15) is 0 Å². The van der Waals surface area contributed by atoms with E-state index < -0.39 is 0 Å². The third-order valence-electron chi connectivity index (χ3n) is 6.43. The Kier molecular flexibility index (Phi) is 5.57. The third-order valence-corrected chi connectivity index (χ3v) is 6.43. The fourth-order valence-electron chi connectivity index (χ4n) is 4.69. The molecule has 5 rings (SSSR count). The van der Waals surface area contributed by atoms with Crippen molar-refractivity contribution in [2.45, 2.75) is 6.42 Å². The van der Waals surface area contributed by atoms with E-state index in [1.54, 1.807) is 7.11 Å². The zero-order chi connectivity index (χ0) is 21.2. The molecule has 1 aromatic carbocycles. The predicted octanol–water partition coefficient (Wildman–Crippen LogP) is 4.22. The quantitative estimate of drug-likeness (QED) is 0.677. The Labute approximate surface area is 182 Å². The Hall–Kier alpha value is -2.96. The molecule has 0 amide bonds. The van der Waals surface area contributed by atoms with E-state index in [9.17, 15) is 5.11 Å². The van der Waals surface area contributed by atoms with Gasteiger partial charge >= 0.3 is 0 Å². The molecule has 1 saturated heterocycles. The van der Waals surface area contributed by atoms with Crippen LogP contribution >= 0.6 is 0 Å². The third kappa shape index (κ3) is 4.01. The van der Waals surface area contributed by atoms with Crippen LogP contribution in [-0.2, 0) is 4.74 Å². The molecule has 31 heavy (non-hydrogen) atoms. The van der Waals surface area contributed by atoms with Crippen molar-refractivity contribution in [3.05, 3.63) is 65.1 Å². The number of anilines is 1. The lowest BCUT2D eigenvalue weighted by Gasteiger charge is -2.32. The first-order chi connectivity index (χ1) is 15.2. The summed E-state index contributed by atoms with van der Waals surface area (Å²) in [6.45, 7) is 5.05. The number of rotatable bonds is 5. The molecule has 3 N–H and O–H groups in total. The van der Waals surface area contributed by atoms with Gasteiger partial charge in [0.1, 0.15) is 11.6 Å². The SMILES string of the molecule is COc1ccccc1-c1c[nH]c2c1C=C(C1=CC=C(O)C(CN3CCOCC3)C1)CN2. The summed E-state index contributed by atoms with van der Waals surface area (Å²) in [5, 5.41) is 14.0. The summed E-state index contributed by atoms with van der Waals surface area (Å²) in [5.74, 6) is 2.50. The summed E-state index contributed by atoms with van der Waals surface area (Å²) in [6.07, 6.45) is 9.10. The van der Waals surface area contributed by atoms with Gasteiger partial charge in [-0.3, -0.25) is 4.90 Å². The predicted molar refractivity (Wildman–Crippen MR) is 123 cm³/mol. The summed E-state index contributed by atoms with van der Waals surface area (Å²) >= 11 is 0. The fourth-order valence-corrected chi connectivity index (χ4v) is 4.69. The fraction of sp³-hybridized carbons (Fsp3) is 0.360. The number of ether oxygens (including phenoxy) is 2. The van der Waals surface area contributed by atoms with Crippen LogP contribution in [0.25, 0.3) is 17.2 Å². The number of para-hydroxylation sites is 1. The lowest BCUT2D eigenvalue weighted by molar-refractivity contribution is 0.0302. The molecule has 1 aromatic heterocycles. The number of nitrogens with zero attached hydrogens (tertiary/aromatic N) is 1. The van der Waals surface area contributed by atoms with E-state index >= 15 is 0 Å². The molecule has 1 aliphatic carbocycles. The molecule has 1 unspecified atom stereocenters. The number of H-pyrrole nitrogens is 1. The Morgan fingerprint density at radius 2 is 1.97 bits per heavy atom. The number of nitrogens with one attached hydrogen (secondary N) is 2. The summed E-state index contributed by atoms with van der Waals surface area (Å²) in [6, 6.07) is 8.10. The lowest BCUT2D eigenvalue weighted by Crippen LogP contribution is -2.40. The second-order valence-electron chi connectivity index (χ2n) is 8.31. The minimum absolute atomic E-state index is 0.125. The van der Waals surface area contributed by atoms with E-state index in [1.807, 2.05) is 30.5 Å². The van der Waals surface area contributed by atoms with Crippen molar-refractivity contribution in [1.29, 1.82) is 0 Å². The molecule has 0 bridgehead atoms. The Bertz CT molecular complexity index is 1040. The van der Waals surface area contributed by atoms with Crippen LogP contribution in [0.3, 0.4) is 0 Å². The molecular formula is C25H29N3O3. The van der Waals surface area contributed by atoms with Gasteiger partial charge in [0.2, 0.25) is 0 Å². The second kappa shape index (κ2) is 8.65. The van der Waals surface area contributed by atoms with Crippen LogP contribution in [0.4, 0.5) is 5.82 Å². The first-order valence-corrected chi connectivity index (χ1v) is 10.9. The van der Waals surface area contributed by atoms with Crippen LogP contribution in [-0.4, -0.2) is 61.5 Å². The standard InChI is InChI=1S/C25H29N3O3/c1-30-24-5-3-2-4-20(24)22-15-27-25-21(22)13-18(14-26-25)17-6-7-23(29)19(12-17)16-28-8-10-31-11-9-28/h2-7,13,15,19,26-27,29H,8-12,14,16H2,1H3. The molecule has 3 aliphatic rings. The summed E-state index contributed by atoms with van der Waals surface area (Å²) < 4.78 is 11.0. The average molecular weight is 420 g/mol. The second-order valence-corrected chi connectivity index (χ2v) is 8.31. The van der Waals surface area contributed by atoms with Gasteiger partial charge in [-0.1, -0.05) is 24.3 Å². The van der Waals surface area contributed by atoms with Crippen LogP contribution in [0, 0.1) is 5.92 Å². The molecule has 162 valence electrons. The maximum Gasteiger partial charge on any atom is 0.126 e. The number of benzene rings is 1. The number of hydrogen-bond acceptors (Lipinski definition) is 5. The van der Waals surface area contributed by atoms with Crippen LogP contribution in [0.2, 0.25) is 0 Å². The number of hydrogen-bond donors (Lipinski definition) is 3. The minimum atomic E-state index is 0.125. The normalized spacial score (nSPS) is 21.5. The maximum atomic E-state index is 10.5. The zero-order valence-electron chi connectivity index (χ0n) is 17.9. The summed E-state index contributed by atoms with van der Waals surface area (Å²) in [7, 11) is 1.71. The topological polar surface area (TPSA) is 69.8 Å². The molecule has 2 aliphatic heterocycles. The number of methoxy groups -OCH3 is 1. The van der Waals surface area contributed by atoms with Gasteiger partial charge in [-0.05, 0) is 35.8 Å². The van der Waals surface area contributed by atoms with Gasteiger partial charge in [-0.15, -0.1) is 0 Å². The number of aliphatic hydroxyl groups excluding tert-OH is 1. The van der Waals surface area contributed by atoms with E-state index in [1.165, 1.54) is 11.1 Å². The number of morpholine rings is 1. The van der Waals surface area contributed by atoms with E-state index in [4.69, 9.17) is 9.47 Å². The number of aliphatic hydroxyl groups is 1. The molecule has 6 nitrogen and oxygen atoms in total. The van der Waals surface area contributed by atoms with E-state index in [2.05, 4.69) is 33.4 Å². The van der Waals surface area contributed by atoms with Crippen molar-refractivity contribution in [2.75, 3.05) is 51.8 Å². The van der Waals surface area contributed by atoms with E-state index in [0.717, 1.165) is 74.1 Å². The van der Waals surface area contributed by atoms with E-state index in [-0.39, 0.29) is 5.92 Å². The first-order valence-electron chi connectivity index (χ1n) is 10.9. The van der Waals surface area contributed by atoms with Crippen molar-refractivity contribution >= 4 is 11.9 Å². The minimum Gasteiger partial charge on any atom is -0.512 e. The highest BCUT2D eigenvalue weighted by Crippen LogP contribution is 2.40. The van der Waals surface area contributed by atoms with Crippen LogP contribution in [0.5, 0.6) is 5.75 Å². The van der Waals surface area contributed by atoms with Gasteiger partial charge in [0.15, 0.2) is 0 Å². The smallest absolute Gasteiger partial charge is 0.126 e. The van der Waals surface area contributed by atoms with Gasteiger partial charge in [0.05, 0.1) is 26.1 Å². The van der Waals surface area contributed by atoms with Gasteiger partial charge < -0.3 is 24.9 Å². The summed E-state index contributed by atoms with van der Waals surface area (Å²) in [4.78, 5) is 5.76. The number of fused-ring (bicyclic) bond motifs is 1. The summed E-state index contributed by atoms with van der Waals surface area (Å²) in [5.41, 5.74) is 5.88. The maximum absolute atomic E-state index is 10.5. The molecule has 2 aromatic rings. The Morgan fingerprint density at radius 1 is 1.13 bits per heavy atom. The highest BCUT2D eigenvalue weighted by Gasteiger charge is 2.26. The van der Waals surface area contributed by atoms with Gasteiger partial charge in [-0.25, -0.2) is 0 Å². The van der Waals surface area contributed by atoms with Crippen molar-refractivity contribution in [2.24, 2.45) is 5.92 Å². The van der Waals surface area contributed by atoms with Crippen LogP contribution < -0.4 is 10.1 Å². The zero-order valence-corrected chi connectivity index (χ0v) is 17.9. The van der Waals surface area contributed by atoms with Crippen LogP contribution in [0.1, 0.15) is 12.0 Å². The monoisotopic (exact) mass is 419 g/mol. The first kappa shape index (κ1) is 20.0. The van der Waals surface area contributed by atoms with Gasteiger partial charge in [0.25, 0.3) is 0 Å². The van der Waals surface area contributed by atoms with Crippen molar-refractivity contribution in [1.82, 2.24) is 9.88 Å². The number of allylic oxidation sites excluding steroid dienone is 2. The highest BCUT2D eigenvalue weighted by molar-refractivity contribution is 5.87. The molecule has 1 fully saturated rings. The molecule has 1 atom stereocenters. The Balaban J connectivity index is 1.41. The van der Waals surface area contributed by atoms with E-state index in [0.29, 0.717) is 5.76 Å². The molecule has 6 heteroatoms.